The summed E-state index contributed by atoms with van der Waals surface area (Å²) in [6.07, 6.45) is -1.66. The molecule has 15 heavy (non-hydrogen) atoms. The zero-order valence-electron chi connectivity index (χ0n) is 8.01. The predicted octanol–water partition coefficient (Wildman–Crippen LogP) is 1.24. The van der Waals surface area contributed by atoms with Crippen LogP contribution in [0.1, 0.15) is 6.92 Å². The standard InChI is InChI=1S/C8H10F3N3O/c1-2-14-4-3-12-6(7(14)15)13-5-8(9,10)11/h3-4H,2,5H2,1H3,(H,12,13). The maximum Gasteiger partial charge on any atom is 0.405 e. The molecule has 1 aromatic rings. The number of rotatable bonds is 3. The van der Waals surface area contributed by atoms with E-state index in [1.165, 1.54) is 17.0 Å². The van der Waals surface area contributed by atoms with Gasteiger partial charge < -0.3 is 9.88 Å². The number of aromatic nitrogens is 2. The first-order chi connectivity index (χ1) is 6.94. The zero-order valence-corrected chi connectivity index (χ0v) is 8.01. The summed E-state index contributed by atoms with van der Waals surface area (Å²) in [5.74, 6) is -0.281. The van der Waals surface area contributed by atoms with Gasteiger partial charge in [-0.2, -0.15) is 13.2 Å². The first kappa shape index (κ1) is 11.5. The summed E-state index contributed by atoms with van der Waals surface area (Å²) in [5.41, 5.74) is -0.552. The maximum absolute atomic E-state index is 11.9. The van der Waals surface area contributed by atoms with Crippen molar-refractivity contribution in [3.8, 4) is 0 Å². The third-order valence-electron chi connectivity index (χ3n) is 1.71. The van der Waals surface area contributed by atoms with Crippen LogP contribution in [0, 0.1) is 0 Å². The van der Waals surface area contributed by atoms with Gasteiger partial charge in [0.25, 0.3) is 5.56 Å². The van der Waals surface area contributed by atoms with Crippen LogP contribution in [0.15, 0.2) is 17.2 Å². The fraction of sp³-hybridized carbons (Fsp3) is 0.500. The van der Waals surface area contributed by atoms with E-state index >= 15 is 0 Å². The Bertz CT molecular complexity index is 385. The van der Waals surface area contributed by atoms with Crippen molar-refractivity contribution in [2.45, 2.75) is 19.6 Å². The highest BCUT2D eigenvalue weighted by molar-refractivity contribution is 5.30. The number of alkyl halides is 3. The number of nitrogens with one attached hydrogen (secondary N) is 1. The van der Waals surface area contributed by atoms with E-state index in [4.69, 9.17) is 0 Å². The first-order valence-electron chi connectivity index (χ1n) is 4.30. The summed E-state index contributed by atoms with van der Waals surface area (Å²) in [4.78, 5) is 14.9. The Balaban J connectivity index is 2.83. The lowest BCUT2D eigenvalue weighted by Gasteiger charge is -2.09. The Morgan fingerprint density at radius 1 is 1.53 bits per heavy atom. The highest BCUT2D eigenvalue weighted by Crippen LogP contribution is 2.13. The molecule has 7 heteroatoms. The quantitative estimate of drug-likeness (QED) is 0.835. The molecule has 0 aromatic carbocycles. The molecule has 0 aliphatic heterocycles. The summed E-state index contributed by atoms with van der Waals surface area (Å²) in [5, 5.41) is 1.96. The molecule has 4 nitrogen and oxygen atoms in total. The molecule has 0 aliphatic carbocycles. The molecule has 1 aromatic heterocycles. The van der Waals surface area contributed by atoms with Gasteiger partial charge in [-0.05, 0) is 6.92 Å². The van der Waals surface area contributed by atoms with Crippen molar-refractivity contribution >= 4 is 5.82 Å². The fourth-order valence-corrected chi connectivity index (χ4v) is 1.00. The second-order valence-electron chi connectivity index (χ2n) is 2.84. The molecule has 0 fully saturated rings. The van der Waals surface area contributed by atoms with E-state index < -0.39 is 18.3 Å². The van der Waals surface area contributed by atoms with Crippen LogP contribution in [0.4, 0.5) is 19.0 Å². The molecule has 84 valence electrons. The molecule has 0 aliphatic rings. The number of hydrogen-bond acceptors (Lipinski definition) is 3. The van der Waals surface area contributed by atoms with Gasteiger partial charge in [-0.3, -0.25) is 4.79 Å². The van der Waals surface area contributed by atoms with E-state index in [0.29, 0.717) is 6.54 Å². The molecule has 0 saturated carbocycles. The molecule has 0 bridgehead atoms. The van der Waals surface area contributed by atoms with Crippen LogP contribution in [-0.2, 0) is 6.54 Å². The van der Waals surface area contributed by atoms with E-state index in [9.17, 15) is 18.0 Å². The predicted molar refractivity (Wildman–Crippen MR) is 48.7 cm³/mol. The van der Waals surface area contributed by atoms with Crippen LogP contribution >= 0.6 is 0 Å². The lowest BCUT2D eigenvalue weighted by atomic mass is 10.5. The zero-order chi connectivity index (χ0) is 11.5. The van der Waals surface area contributed by atoms with Crippen LogP contribution < -0.4 is 10.9 Å². The molecular formula is C8H10F3N3O. The third kappa shape index (κ3) is 3.26. The molecule has 0 radical (unpaired) electrons. The minimum absolute atomic E-state index is 0.281. The summed E-state index contributed by atoms with van der Waals surface area (Å²) < 4.78 is 36.8. The molecular weight excluding hydrogens is 211 g/mol. The van der Waals surface area contributed by atoms with Crippen LogP contribution in [-0.4, -0.2) is 22.3 Å². The number of halogens is 3. The first-order valence-corrected chi connectivity index (χ1v) is 4.30. The Kier molecular flexibility index (Phi) is 3.33. The van der Waals surface area contributed by atoms with Crippen LogP contribution in [0.2, 0.25) is 0 Å². The average molecular weight is 221 g/mol. The lowest BCUT2D eigenvalue weighted by Crippen LogP contribution is -2.28. The fourth-order valence-electron chi connectivity index (χ4n) is 1.00. The largest absolute Gasteiger partial charge is 0.405 e. The average Bonchev–Trinajstić information content (AvgIpc) is 2.15. The summed E-state index contributed by atoms with van der Waals surface area (Å²) in [6.45, 7) is 0.847. The van der Waals surface area contributed by atoms with Gasteiger partial charge in [0.15, 0.2) is 5.82 Å². The summed E-state index contributed by atoms with van der Waals surface area (Å²) in [6, 6.07) is 0. The molecule has 0 amide bonds. The number of aryl methyl sites for hydroxylation is 1. The van der Waals surface area contributed by atoms with E-state index in [0.717, 1.165) is 0 Å². The van der Waals surface area contributed by atoms with Crippen molar-refractivity contribution in [2.24, 2.45) is 0 Å². The Labute approximate surface area is 83.7 Å². The van der Waals surface area contributed by atoms with Gasteiger partial charge in [0.1, 0.15) is 6.54 Å². The van der Waals surface area contributed by atoms with Crippen LogP contribution in [0.25, 0.3) is 0 Å². The van der Waals surface area contributed by atoms with Gasteiger partial charge in [-0.1, -0.05) is 0 Å². The number of anilines is 1. The normalized spacial score (nSPS) is 11.5. The third-order valence-corrected chi connectivity index (χ3v) is 1.71. The maximum atomic E-state index is 11.9. The highest BCUT2D eigenvalue weighted by Gasteiger charge is 2.27. The van der Waals surface area contributed by atoms with Crippen molar-refractivity contribution in [1.29, 1.82) is 0 Å². The second kappa shape index (κ2) is 4.33. The van der Waals surface area contributed by atoms with Crippen LogP contribution in [0.5, 0.6) is 0 Å². The van der Waals surface area contributed by atoms with Gasteiger partial charge in [-0.25, -0.2) is 4.98 Å². The molecule has 0 spiro atoms. The molecule has 1 N–H and O–H groups in total. The monoisotopic (exact) mass is 221 g/mol. The number of nitrogens with zero attached hydrogens (tertiary/aromatic N) is 2. The van der Waals surface area contributed by atoms with Crippen molar-refractivity contribution < 1.29 is 13.2 Å². The van der Waals surface area contributed by atoms with Gasteiger partial charge >= 0.3 is 6.18 Å². The van der Waals surface area contributed by atoms with Crippen molar-refractivity contribution in [3.05, 3.63) is 22.7 Å². The van der Waals surface area contributed by atoms with Gasteiger partial charge in [0, 0.05) is 18.9 Å². The Morgan fingerprint density at radius 2 is 2.20 bits per heavy atom. The van der Waals surface area contributed by atoms with E-state index in [1.807, 2.05) is 5.32 Å². The van der Waals surface area contributed by atoms with Gasteiger partial charge in [0.2, 0.25) is 0 Å². The lowest BCUT2D eigenvalue weighted by molar-refractivity contribution is -0.115. The summed E-state index contributed by atoms with van der Waals surface area (Å²) in [7, 11) is 0. The minimum atomic E-state index is -4.36. The topological polar surface area (TPSA) is 46.9 Å². The number of hydrogen-bond donors (Lipinski definition) is 1. The van der Waals surface area contributed by atoms with Crippen molar-refractivity contribution in [2.75, 3.05) is 11.9 Å². The highest BCUT2D eigenvalue weighted by atomic mass is 19.4. The smallest absolute Gasteiger partial charge is 0.357 e. The summed E-state index contributed by atoms with van der Waals surface area (Å²) >= 11 is 0. The molecule has 0 unspecified atom stereocenters. The van der Waals surface area contributed by atoms with E-state index in [2.05, 4.69) is 4.98 Å². The minimum Gasteiger partial charge on any atom is -0.357 e. The molecule has 0 saturated heterocycles. The van der Waals surface area contributed by atoms with Crippen molar-refractivity contribution in [1.82, 2.24) is 9.55 Å². The SMILES string of the molecule is CCn1ccnc(NCC(F)(F)F)c1=O. The Hall–Kier alpha value is -1.53. The molecule has 1 heterocycles. The van der Waals surface area contributed by atoms with Crippen molar-refractivity contribution in [3.63, 3.8) is 0 Å². The molecule has 1 rings (SSSR count). The van der Waals surface area contributed by atoms with E-state index in [-0.39, 0.29) is 5.82 Å². The Morgan fingerprint density at radius 3 is 2.73 bits per heavy atom. The van der Waals surface area contributed by atoms with E-state index in [1.54, 1.807) is 6.92 Å². The van der Waals surface area contributed by atoms with Gasteiger partial charge in [-0.15, -0.1) is 0 Å². The van der Waals surface area contributed by atoms with Gasteiger partial charge in [0.05, 0.1) is 0 Å². The second-order valence-corrected chi connectivity index (χ2v) is 2.84. The molecule has 0 atom stereocenters. The van der Waals surface area contributed by atoms with Crippen LogP contribution in [0.3, 0.4) is 0 Å².